The van der Waals surface area contributed by atoms with Gasteiger partial charge in [0.25, 0.3) is 0 Å². The number of carbonyl (C=O) groups is 1. The van der Waals surface area contributed by atoms with Crippen LogP contribution in [-0.2, 0) is 21.2 Å². The zero-order valence-corrected chi connectivity index (χ0v) is 17.8. The highest BCUT2D eigenvalue weighted by molar-refractivity contribution is 7.92. The zero-order chi connectivity index (χ0) is 20.7. The molecule has 152 valence electrons. The van der Waals surface area contributed by atoms with Crippen LogP contribution in [0, 0.1) is 6.92 Å². The van der Waals surface area contributed by atoms with E-state index in [-0.39, 0.29) is 12.5 Å². The lowest BCUT2D eigenvalue weighted by Crippen LogP contribution is -2.40. The molecule has 0 atom stereocenters. The van der Waals surface area contributed by atoms with Crippen LogP contribution < -0.4 is 14.4 Å². The van der Waals surface area contributed by atoms with Gasteiger partial charge in [0.1, 0.15) is 12.3 Å². The first-order chi connectivity index (χ1) is 13.2. The van der Waals surface area contributed by atoms with Crippen molar-refractivity contribution < 1.29 is 17.9 Å². The molecule has 0 unspecified atom stereocenters. The van der Waals surface area contributed by atoms with Gasteiger partial charge in [-0.05, 0) is 55.2 Å². The van der Waals surface area contributed by atoms with Crippen LogP contribution in [0.2, 0.25) is 5.02 Å². The summed E-state index contributed by atoms with van der Waals surface area (Å²) in [5.74, 6) is 0.426. The van der Waals surface area contributed by atoms with Crippen LogP contribution in [-0.4, -0.2) is 40.8 Å². The molecule has 0 bridgehead atoms. The molecule has 2 rings (SSSR count). The minimum absolute atomic E-state index is 0.294. The number of aryl methyl sites for hydroxylation is 2. The van der Waals surface area contributed by atoms with Gasteiger partial charge in [0, 0.05) is 11.6 Å². The zero-order valence-electron chi connectivity index (χ0n) is 16.2. The standard InChI is InChI=1S/C20H25ClN2O4S/c1-15-9-10-17(13-19(15)21)23(28(3,25)26)14-20(24)22-11-5-7-16-6-4-8-18(12-16)27-2/h4,6,8-10,12-13H,5,7,11,14H2,1-3H3,(H,22,24). The number of amides is 1. The first-order valence-corrected chi connectivity index (χ1v) is 11.1. The maximum Gasteiger partial charge on any atom is 0.240 e. The second-order valence-electron chi connectivity index (χ2n) is 6.51. The normalized spacial score (nSPS) is 11.1. The van der Waals surface area contributed by atoms with Crippen LogP contribution in [0.25, 0.3) is 0 Å². The number of hydrogen-bond donors (Lipinski definition) is 1. The Morgan fingerprint density at radius 1 is 1.21 bits per heavy atom. The molecule has 1 N–H and O–H groups in total. The summed E-state index contributed by atoms with van der Waals surface area (Å²) in [6.45, 7) is 1.98. The van der Waals surface area contributed by atoms with E-state index in [0.717, 1.165) is 40.3 Å². The molecule has 0 aliphatic carbocycles. The summed E-state index contributed by atoms with van der Waals surface area (Å²) < 4.78 is 30.5. The van der Waals surface area contributed by atoms with E-state index in [1.807, 2.05) is 31.2 Å². The summed E-state index contributed by atoms with van der Waals surface area (Å²) >= 11 is 6.10. The first-order valence-electron chi connectivity index (χ1n) is 8.84. The molecule has 0 fully saturated rings. The topological polar surface area (TPSA) is 75.7 Å². The summed E-state index contributed by atoms with van der Waals surface area (Å²) in [5, 5.41) is 3.22. The van der Waals surface area contributed by atoms with E-state index in [1.54, 1.807) is 25.3 Å². The highest BCUT2D eigenvalue weighted by Gasteiger charge is 2.21. The molecule has 2 aromatic carbocycles. The van der Waals surface area contributed by atoms with E-state index in [9.17, 15) is 13.2 Å². The number of halogens is 1. The average Bonchev–Trinajstić information content (AvgIpc) is 2.65. The molecular weight excluding hydrogens is 400 g/mol. The maximum atomic E-state index is 12.3. The van der Waals surface area contributed by atoms with Gasteiger partial charge in [-0.3, -0.25) is 9.10 Å². The van der Waals surface area contributed by atoms with Gasteiger partial charge >= 0.3 is 0 Å². The second-order valence-corrected chi connectivity index (χ2v) is 8.82. The molecular formula is C20H25ClN2O4S. The predicted molar refractivity (Wildman–Crippen MR) is 113 cm³/mol. The summed E-state index contributed by atoms with van der Waals surface area (Å²) in [5.41, 5.74) is 2.31. The van der Waals surface area contributed by atoms with Crippen LogP contribution in [0.15, 0.2) is 42.5 Å². The molecule has 8 heteroatoms. The van der Waals surface area contributed by atoms with Gasteiger partial charge in [0.05, 0.1) is 19.1 Å². The second kappa shape index (κ2) is 9.80. The van der Waals surface area contributed by atoms with Gasteiger partial charge < -0.3 is 10.1 Å². The Morgan fingerprint density at radius 2 is 1.96 bits per heavy atom. The van der Waals surface area contributed by atoms with Crippen molar-refractivity contribution in [2.75, 3.05) is 30.8 Å². The van der Waals surface area contributed by atoms with E-state index in [0.29, 0.717) is 17.3 Å². The molecule has 0 aromatic heterocycles. The smallest absolute Gasteiger partial charge is 0.240 e. The van der Waals surface area contributed by atoms with E-state index >= 15 is 0 Å². The van der Waals surface area contributed by atoms with Gasteiger partial charge in [-0.15, -0.1) is 0 Å². The minimum atomic E-state index is -3.62. The van der Waals surface area contributed by atoms with Gasteiger partial charge in [-0.25, -0.2) is 8.42 Å². The Balaban J connectivity index is 1.92. The number of nitrogens with one attached hydrogen (secondary N) is 1. The van der Waals surface area contributed by atoms with Crippen molar-refractivity contribution in [2.45, 2.75) is 19.8 Å². The van der Waals surface area contributed by atoms with Gasteiger partial charge in [-0.2, -0.15) is 0 Å². The van der Waals surface area contributed by atoms with Crippen molar-refractivity contribution in [1.29, 1.82) is 0 Å². The number of anilines is 1. The molecule has 0 aliphatic heterocycles. The van der Waals surface area contributed by atoms with Gasteiger partial charge in [0.15, 0.2) is 0 Å². The molecule has 1 amide bonds. The number of carbonyl (C=O) groups excluding carboxylic acids is 1. The average molecular weight is 425 g/mol. The number of benzene rings is 2. The molecule has 0 aliphatic rings. The lowest BCUT2D eigenvalue weighted by molar-refractivity contribution is -0.119. The molecule has 28 heavy (non-hydrogen) atoms. The van der Waals surface area contributed by atoms with Crippen LogP contribution in [0.5, 0.6) is 5.75 Å². The van der Waals surface area contributed by atoms with E-state index in [4.69, 9.17) is 16.3 Å². The molecule has 0 radical (unpaired) electrons. The van der Waals surface area contributed by atoms with Crippen molar-refractivity contribution in [3.63, 3.8) is 0 Å². The Bertz CT molecular complexity index is 932. The van der Waals surface area contributed by atoms with Crippen molar-refractivity contribution in [3.05, 3.63) is 58.6 Å². The van der Waals surface area contributed by atoms with E-state index in [1.165, 1.54) is 0 Å². The Hall–Kier alpha value is -2.25. The van der Waals surface area contributed by atoms with Crippen molar-refractivity contribution in [1.82, 2.24) is 5.32 Å². The fraction of sp³-hybridized carbons (Fsp3) is 0.350. The molecule has 0 spiro atoms. The first kappa shape index (κ1) is 22.0. The fourth-order valence-electron chi connectivity index (χ4n) is 2.67. The summed E-state index contributed by atoms with van der Waals surface area (Å²) in [7, 11) is -2.00. The Labute approximate surface area is 171 Å². The third-order valence-corrected chi connectivity index (χ3v) is 5.78. The number of nitrogens with zero attached hydrogens (tertiary/aromatic N) is 1. The third-order valence-electron chi connectivity index (χ3n) is 4.23. The number of sulfonamides is 1. The van der Waals surface area contributed by atoms with Crippen molar-refractivity contribution >= 4 is 33.2 Å². The number of ether oxygens (including phenoxy) is 1. The van der Waals surface area contributed by atoms with E-state index in [2.05, 4.69) is 5.32 Å². The Kier molecular flexibility index (Phi) is 7.71. The predicted octanol–water partition coefficient (Wildman–Crippen LogP) is 3.17. The fourth-order valence-corrected chi connectivity index (χ4v) is 3.69. The van der Waals surface area contributed by atoms with Gasteiger partial charge in [-0.1, -0.05) is 29.8 Å². The lowest BCUT2D eigenvalue weighted by atomic mass is 10.1. The van der Waals surface area contributed by atoms with Crippen LogP contribution >= 0.6 is 11.6 Å². The molecule has 6 nitrogen and oxygen atoms in total. The number of hydrogen-bond acceptors (Lipinski definition) is 4. The lowest BCUT2D eigenvalue weighted by Gasteiger charge is -2.22. The monoisotopic (exact) mass is 424 g/mol. The molecule has 0 saturated heterocycles. The highest BCUT2D eigenvalue weighted by Crippen LogP contribution is 2.24. The number of rotatable bonds is 9. The van der Waals surface area contributed by atoms with Crippen LogP contribution in [0.4, 0.5) is 5.69 Å². The van der Waals surface area contributed by atoms with Crippen molar-refractivity contribution in [2.24, 2.45) is 0 Å². The summed E-state index contributed by atoms with van der Waals surface area (Å²) in [4.78, 5) is 12.3. The largest absolute Gasteiger partial charge is 0.497 e. The number of methoxy groups -OCH3 is 1. The third kappa shape index (κ3) is 6.42. The molecule has 2 aromatic rings. The van der Waals surface area contributed by atoms with Gasteiger partial charge in [0.2, 0.25) is 15.9 Å². The van der Waals surface area contributed by atoms with Crippen molar-refractivity contribution in [3.8, 4) is 5.75 Å². The van der Waals surface area contributed by atoms with Crippen LogP contribution in [0.3, 0.4) is 0 Å². The minimum Gasteiger partial charge on any atom is -0.497 e. The summed E-state index contributed by atoms with van der Waals surface area (Å²) in [6, 6.07) is 12.7. The van der Waals surface area contributed by atoms with E-state index < -0.39 is 10.0 Å². The highest BCUT2D eigenvalue weighted by atomic mass is 35.5. The van der Waals surface area contributed by atoms with Crippen LogP contribution in [0.1, 0.15) is 17.5 Å². The quantitative estimate of drug-likeness (QED) is 0.627. The molecule has 0 saturated carbocycles. The summed E-state index contributed by atoms with van der Waals surface area (Å²) in [6.07, 6.45) is 2.58. The Morgan fingerprint density at radius 3 is 2.61 bits per heavy atom. The maximum absolute atomic E-state index is 12.3. The SMILES string of the molecule is COc1cccc(CCCNC(=O)CN(c2ccc(C)c(Cl)c2)S(C)(=O)=O)c1. The molecule has 0 heterocycles.